The van der Waals surface area contributed by atoms with Crippen molar-refractivity contribution in [2.24, 2.45) is 4.99 Å². The van der Waals surface area contributed by atoms with Gasteiger partial charge in [0.2, 0.25) is 5.60 Å². The molecule has 1 aliphatic rings. The van der Waals surface area contributed by atoms with Crippen molar-refractivity contribution in [3.8, 4) is 5.75 Å². The second-order valence-corrected chi connectivity index (χ2v) is 5.60. The number of hydrogen-bond donors (Lipinski definition) is 0. The van der Waals surface area contributed by atoms with E-state index in [4.69, 9.17) is 9.47 Å². The van der Waals surface area contributed by atoms with Crippen molar-refractivity contribution in [2.75, 3.05) is 27.3 Å². The molecule has 0 saturated heterocycles. The molecule has 2 rings (SSSR count). The predicted octanol–water partition coefficient (Wildman–Crippen LogP) is 3.96. The molecule has 132 valence electrons. The minimum Gasteiger partial charge on any atom is -0.496 e. The van der Waals surface area contributed by atoms with Crippen molar-refractivity contribution in [1.29, 1.82) is 0 Å². The van der Waals surface area contributed by atoms with Gasteiger partial charge in [-0.05, 0) is 31.6 Å². The largest absolute Gasteiger partial charge is 0.496 e. The molecule has 1 unspecified atom stereocenters. The maximum absolute atomic E-state index is 13.7. The number of hydrogen-bond acceptors (Lipinski definition) is 3. The number of rotatable bonds is 5. The smallest absolute Gasteiger partial charge is 0.425 e. The number of aliphatic imine (C=N–C) groups is 1. The fourth-order valence-electron chi connectivity index (χ4n) is 2.46. The molecule has 0 radical (unpaired) electrons. The molecule has 0 aliphatic carbocycles. The Bertz CT molecular complexity index is 656. The van der Waals surface area contributed by atoms with E-state index in [0.717, 1.165) is 12.6 Å². The Hall–Kier alpha value is -2.02. The summed E-state index contributed by atoms with van der Waals surface area (Å²) >= 11 is 0. The molecule has 1 atom stereocenters. The summed E-state index contributed by atoms with van der Waals surface area (Å²) in [5.41, 5.74) is -1.38. The Kier molecular flexibility index (Phi) is 5.22. The summed E-state index contributed by atoms with van der Waals surface area (Å²) in [4.78, 5) is 6.18. The molecule has 0 amide bonds. The third kappa shape index (κ3) is 3.26. The fourth-order valence-corrected chi connectivity index (χ4v) is 2.46. The highest BCUT2D eigenvalue weighted by Crippen LogP contribution is 2.49. The van der Waals surface area contributed by atoms with Crippen LogP contribution in [0.15, 0.2) is 29.3 Å². The van der Waals surface area contributed by atoms with Crippen LogP contribution in [0.2, 0.25) is 0 Å². The van der Waals surface area contributed by atoms with E-state index in [1.807, 2.05) is 18.9 Å². The van der Waals surface area contributed by atoms with Gasteiger partial charge in [0.15, 0.2) is 0 Å². The molecule has 1 aliphatic heterocycles. The van der Waals surface area contributed by atoms with Crippen LogP contribution in [-0.4, -0.2) is 44.7 Å². The van der Waals surface area contributed by atoms with E-state index in [0.29, 0.717) is 11.3 Å². The normalized spacial score (nSPS) is 20.8. The monoisotopic (exact) mass is 342 g/mol. The van der Waals surface area contributed by atoms with Gasteiger partial charge in [-0.15, -0.1) is 0 Å². The van der Waals surface area contributed by atoms with E-state index < -0.39 is 11.8 Å². The van der Waals surface area contributed by atoms with Gasteiger partial charge in [-0.1, -0.05) is 6.08 Å². The van der Waals surface area contributed by atoms with Gasteiger partial charge in [0, 0.05) is 25.2 Å². The predicted molar refractivity (Wildman–Crippen MR) is 87.0 cm³/mol. The third-order valence-corrected chi connectivity index (χ3v) is 3.99. The second-order valence-electron chi connectivity index (χ2n) is 5.60. The zero-order valence-corrected chi connectivity index (χ0v) is 14.1. The van der Waals surface area contributed by atoms with Crippen LogP contribution in [0, 0.1) is 6.92 Å². The molecular weight excluding hydrogens is 321 g/mol. The number of ether oxygens (including phenoxy) is 2. The minimum absolute atomic E-state index is 0.0634. The van der Waals surface area contributed by atoms with Gasteiger partial charge in [-0.25, -0.2) is 4.99 Å². The van der Waals surface area contributed by atoms with E-state index in [-0.39, 0.29) is 17.9 Å². The lowest BCUT2D eigenvalue weighted by Gasteiger charge is -2.31. The van der Waals surface area contributed by atoms with Crippen molar-refractivity contribution in [1.82, 2.24) is 4.90 Å². The average molecular weight is 342 g/mol. The Labute approximate surface area is 139 Å². The maximum atomic E-state index is 13.7. The SMILES string of the molecule is CCN(C)/C=N/c1cc(OC)c(C2(C(F)(F)F)C=CCO2)cc1C. The first-order valence-corrected chi connectivity index (χ1v) is 7.57. The van der Waals surface area contributed by atoms with Crippen molar-refractivity contribution < 1.29 is 22.6 Å². The van der Waals surface area contributed by atoms with Crippen LogP contribution in [-0.2, 0) is 10.3 Å². The molecule has 4 nitrogen and oxygen atoms in total. The second kappa shape index (κ2) is 6.84. The average Bonchev–Trinajstić information content (AvgIpc) is 3.03. The van der Waals surface area contributed by atoms with E-state index in [2.05, 4.69) is 4.99 Å². The lowest BCUT2D eigenvalue weighted by atomic mass is 9.90. The quantitative estimate of drug-likeness (QED) is 0.461. The van der Waals surface area contributed by atoms with Gasteiger partial charge in [0.1, 0.15) is 5.75 Å². The molecule has 1 aromatic rings. The number of nitrogens with zero attached hydrogens (tertiary/aromatic N) is 2. The van der Waals surface area contributed by atoms with Crippen LogP contribution in [0.5, 0.6) is 5.75 Å². The molecule has 1 heterocycles. The summed E-state index contributed by atoms with van der Waals surface area (Å²) in [6.45, 7) is 4.36. The molecule has 7 heteroatoms. The Balaban J connectivity index is 2.54. The highest BCUT2D eigenvalue weighted by Gasteiger charge is 2.58. The van der Waals surface area contributed by atoms with Crippen LogP contribution in [0.3, 0.4) is 0 Å². The summed E-state index contributed by atoms with van der Waals surface area (Å²) in [5.74, 6) is 0.0933. The van der Waals surface area contributed by atoms with Gasteiger partial charge in [-0.3, -0.25) is 0 Å². The molecule has 0 fully saturated rings. The number of benzene rings is 1. The Morgan fingerprint density at radius 1 is 1.42 bits per heavy atom. The van der Waals surface area contributed by atoms with Crippen LogP contribution in [0.1, 0.15) is 18.1 Å². The molecular formula is C17H21F3N2O2. The van der Waals surface area contributed by atoms with E-state index in [1.165, 1.54) is 25.3 Å². The Morgan fingerprint density at radius 3 is 2.62 bits per heavy atom. The van der Waals surface area contributed by atoms with Crippen molar-refractivity contribution in [3.05, 3.63) is 35.4 Å². The number of aryl methyl sites for hydroxylation is 1. The zero-order chi connectivity index (χ0) is 18.0. The van der Waals surface area contributed by atoms with Gasteiger partial charge >= 0.3 is 6.18 Å². The highest BCUT2D eigenvalue weighted by atomic mass is 19.4. The lowest BCUT2D eigenvalue weighted by Crippen LogP contribution is -2.41. The first kappa shape index (κ1) is 18.3. The topological polar surface area (TPSA) is 34.1 Å². The molecule has 1 aromatic carbocycles. The molecule has 0 bridgehead atoms. The van der Waals surface area contributed by atoms with Crippen LogP contribution in [0.25, 0.3) is 0 Å². The highest BCUT2D eigenvalue weighted by molar-refractivity contribution is 5.65. The number of halogens is 3. The number of alkyl halides is 3. The summed E-state index contributed by atoms with van der Waals surface area (Å²) in [5, 5.41) is 0. The van der Waals surface area contributed by atoms with Crippen LogP contribution >= 0.6 is 0 Å². The molecule has 0 saturated carbocycles. The molecule has 0 N–H and O–H groups in total. The van der Waals surface area contributed by atoms with E-state index in [9.17, 15) is 13.2 Å². The molecule has 0 spiro atoms. The summed E-state index contributed by atoms with van der Waals surface area (Å²) in [6.07, 6.45) is -0.553. The standard InChI is InChI=1S/C17H21F3N2O2/c1-5-22(3)11-21-14-10-15(23-4)13(9-12(14)2)16(17(18,19)20)7-6-8-24-16/h6-7,9-11H,5,8H2,1-4H3/b21-11+. The number of methoxy groups -OCH3 is 1. The van der Waals surface area contributed by atoms with Crippen molar-refractivity contribution in [3.63, 3.8) is 0 Å². The van der Waals surface area contributed by atoms with Gasteiger partial charge < -0.3 is 14.4 Å². The fraction of sp³-hybridized carbons (Fsp3) is 0.471. The van der Waals surface area contributed by atoms with Crippen molar-refractivity contribution in [2.45, 2.75) is 25.6 Å². The molecule has 0 aromatic heterocycles. The summed E-state index contributed by atoms with van der Waals surface area (Å²) in [6, 6.07) is 2.94. The van der Waals surface area contributed by atoms with Gasteiger partial charge in [0.25, 0.3) is 0 Å². The molecule has 24 heavy (non-hydrogen) atoms. The van der Waals surface area contributed by atoms with E-state index >= 15 is 0 Å². The maximum Gasteiger partial charge on any atom is 0.425 e. The third-order valence-electron chi connectivity index (χ3n) is 3.99. The van der Waals surface area contributed by atoms with E-state index in [1.54, 1.807) is 13.3 Å². The first-order chi connectivity index (χ1) is 11.2. The Morgan fingerprint density at radius 2 is 2.12 bits per heavy atom. The van der Waals surface area contributed by atoms with Crippen molar-refractivity contribution >= 4 is 12.0 Å². The summed E-state index contributed by atoms with van der Waals surface area (Å²) < 4.78 is 51.3. The minimum atomic E-state index is -4.59. The summed E-state index contributed by atoms with van der Waals surface area (Å²) in [7, 11) is 3.20. The van der Waals surface area contributed by atoms with Gasteiger partial charge in [0.05, 0.1) is 25.7 Å². The first-order valence-electron chi connectivity index (χ1n) is 7.57. The van der Waals surface area contributed by atoms with Gasteiger partial charge in [-0.2, -0.15) is 13.2 Å². The zero-order valence-electron chi connectivity index (χ0n) is 14.1. The van der Waals surface area contributed by atoms with Crippen LogP contribution in [0.4, 0.5) is 18.9 Å². The lowest BCUT2D eigenvalue weighted by molar-refractivity contribution is -0.255. The van der Waals surface area contributed by atoms with Crippen LogP contribution < -0.4 is 4.74 Å².